The SMILES string of the molecule is C1CCN=C(N[C@H]2CCC[C@H]2C2CCCCC2)CC1. The van der Waals surface area contributed by atoms with Gasteiger partial charge in [0.1, 0.15) is 0 Å². The lowest BCUT2D eigenvalue weighted by molar-refractivity contribution is 0.226. The molecule has 3 rings (SSSR count). The molecule has 1 heterocycles. The highest BCUT2D eigenvalue weighted by Crippen LogP contribution is 2.39. The molecule has 2 nitrogen and oxygen atoms in total. The summed E-state index contributed by atoms with van der Waals surface area (Å²) in [6, 6.07) is 0.750. The molecule has 0 spiro atoms. The fourth-order valence-electron chi connectivity index (χ4n) is 4.50. The molecule has 2 fully saturated rings. The molecule has 2 atom stereocenters. The van der Waals surface area contributed by atoms with E-state index >= 15 is 0 Å². The van der Waals surface area contributed by atoms with Crippen LogP contribution in [0.2, 0.25) is 0 Å². The van der Waals surface area contributed by atoms with Crippen LogP contribution >= 0.6 is 0 Å². The van der Waals surface area contributed by atoms with Gasteiger partial charge in [0.05, 0.1) is 5.84 Å². The van der Waals surface area contributed by atoms with E-state index in [2.05, 4.69) is 5.32 Å². The topological polar surface area (TPSA) is 24.4 Å². The van der Waals surface area contributed by atoms with Gasteiger partial charge in [0, 0.05) is 19.0 Å². The van der Waals surface area contributed by atoms with E-state index in [1.807, 2.05) is 0 Å². The van der Waals surface area contributed by atoms with Gasteiger partial charge in [0.15, 0.2) is 0 Å². The van der Waals surface area contributed by atoms with E-state index in [0.717, 1.165) is 24.4 Å². The summed E-state index contributed by atoms with van der Waals surface area (Å²) >= 11 is 0. The van der Waals surface area contributed by atoms with Crippen LogP contribution in [0.3, 0.4) is 0 Å². The van der Waals surface area contributed by atoms with Crippen molar-refractivity contribution in [1.29, 1.82) is 0 Å². The lowest BCUT2D eigenvalue weighted by atomic mass is 9.77. The van der Waals surface area contributed by atoms with Gasteiger partial charge in [0.25, 0.3) is 0 Å². The summed E-state index contributed by atoms with van der Waals surface area (Å²) in [6.07, 6.45) is 16.9. The quantitative estimate of drug-likeness (QED) is 0.788. The third-order valence-electron chi connectivity index (χ3n) is 5.55. The molecule has 0 amide bonds. The van der Waals surface area contributed by atoms with Crippen molar-refractivity contribution < 1.29 is 0 Å². The number of hydrogen-bond donors (Lipinski definition) is 1. The van der Waals surface area contributed by atoms with Gasteiger partial charge in [-0.05, 0) is 37.5 Å². The molecule has 2 saturated carbocycles. The third-order valence-corrected chi connectivity index (χ3v) is 5.55. The number of amidine groups is 1. The second kappa shape index (κ2) is 6.76. The molecule has 0 aromatic carbocycles. The number of aliphatic imine (C=N–C) groups is 1. The molecule has 0 aromatic heterocycles. The first kappa shape index (κ1) is 13.5. The normalized spacial score (nSPS) is 33.8. The van der Waals surface area contributed by atoms with E-state index in [-0.39, 0.29) is 0 Å². The largest absolute Gasteiger partial charge is 0.371 e. The van der Waals surface area contributed by atoms with Crippen LogP contribution in [-0.2, 0) is 0 Å². The Bertz CT molecular complexity index is 304. The Morgan fingerprint density at radius 1 is 0.789 bits per heavy atom. The van der Waals surface area contributed by atoms with Crippen molar-refractivity contribution >= 4 is 5.84 Å². The molecular weight excluding hydrogens is 232 g/mol. The zero-order chi connectivity index (χ0) is 12.9. The van der Waals surface area contributed by atoms with Crippen molar-refractivity contribution in [1.82, 2.24) is 5.32 Å². The molecular formula is C17H30N2. The monoisotopic (exact) mass is 262 g/mol. The van der Waals surface area contributed by atoms with E-state index in [1.54, 1.807) is 0 Å². The first-order chi connectivity index (χ1) is 9.43. The van der Waals surface area contributed by atoms with Crippen molar-refractivity contribution in [3.63, 3.8) is 0 Å². The summed E-state index contributed by atoms with van der Waals surface area (Å²) in [4.78, 5) is 4.77. The van der Waals surface area contributed by atoms with E-state index < -0.39 is 0 Å². The summed E-state index contributed by atoms with van der Waals surface area (Å²) < 4.78 is 0. The molecule has 0 unspecified atom stereocenters. The van der Waals surface area contributed by atoms with Gasteiger partial charge in [-0.1, -0.05) is 44.9 Å². The highest BCUT2D eigenvalue weighted by molar-refractivity contribution is 5.82. The molecule has 1 N–H and O–H groups in total. The summed E-state index contributed by atoms with van der Waals surface area (Å²) in [5, 5.41) is 3.86. The minimum Gasteiger partial charge on any atom is -0.371 e. The first-order valence-corrected chi connectivity index (χ1v) is 8.73. The van der Waals surface area contributed by atoms with E-state index in [9.17, 15) is 0 Å². The van der Waals surface area contributed by atoms with Gasteiger partial charge in [-0.2, -0.15) is 0 Å². The molecule has 108 valence electrons. The van der Waals surface area contributed by atoms with Crippen LogP contribution in [-0.4, -0.2) is 18.4 Å². The molecule has 3 aliphatic rings. The predicted octanol–water partition coefficient (Wildman–Crippen LogP) is 4.30. The Kier molecular flexibility index (Phi) is 4.79. The Morgan fingerprint density at radius 2 is 1.63 bits per heavy atom. The zero-order valence-electron chi connectivity index (χ0n) is 12.4. The van der Waals surface area contributed by atoms with Crippen molar-refractivity contribution in [2.75, 3.05) is 6.54 Å². The van der Waals surface area contributed by atoms with Crippen LogP contribution in [0.4, 0.5) is 0 Å². The Balaban J connectivity index is 1.57. The Morgan fingerprint density at radius 3 is 2.53 bits per heavy atom. The van der Waals surface area contributed by atoms with Gasteiger partial charge in [-0.25, -0.2) is 0 Å². The molecule has 0 aromatic rings. The number of rotatable bonds is 2. The summed E-state index contributed by atoms with van der Waals surface area (Å²) in [5.41, 5.74) is 0. The van der Waals surface area contributed by atoms with Gasteiger partial charge in [0.2, 0.25) is 0 Å². The summed E-state index contributed by atoms with van der Waals surface area (Å²) in [6.45, 7) is 1.06. The van der Waals surface area contributed by atoms with E-state index in [1.165, 1.54) is 82.9 Å². The van der Waals surface area contributed by atoms with Crippen molar-refractivity contribution in [3.05, 3.63) is 0 Å². The molecule has 0 bridgehead atoms. The average Bonchev–Trinajstić information content (AvgIpc) is 2.75. The third kappa shape index (κ3) is 3.52. The highest BCUT2D eigenvalue weighted by atomic mass is 15.0. The first-order valence-electron chi connectivity index (χ1n) is 8.73. The molecule has 1 aliphatic heterocycles. The number of nitrogens with zero attached hydrogens (tertiary/aromatic N) is 1. The van der Waals surface area contributed by atoms with Crippen molar-refractivity contribution in [2.45, 2.75) is 83.1 Å². The highest BCUT2D eigenvalue weighted by Gasteiger charge is 2.34. The molecule has 19 heavy (non-hydrogen) atoms. The van der Waals surface area contributed by atoms with Crippen LogP contribution in [0.5, 0.6) is 0 Å². The van der Waals surface area contributed by atoms with Crippen molar-refractivity contribution in [3.8, 4) is 0 Å². The van der Waals surface area contributed by atoms with Crippen LogP contribution in [0.15, 0.2) is 4.99 Å². The Hall–Kier alpha value is -0.530. The molecule has 2 heteroatoms. The minimum absolute atomic E-state index is 0.750. The maximum atomic E-state index is 4.77. The Labute approximate surface area is 118 Å². The van der Waals surface area contributed by atoms with Crippen LogP contribution in [0.25, 0.3) is 0 Å². The maximum Gasteiger partial charge on any atom is 0.0965 e. The second-order valence-corrected chi connectivity index (χ2v) is 6.88. The minimum atomic E-state index is 0.750. The van der Waals surface area contributed by atoms with Crippen LogP contribution < -0.4 is 5.32 Å². The van der Waals surface area contributed by atoms with Crippen LogP contribution in [0, 0.1) is 11.8 Å². The van der Waals surface area contributed by atoms with Gasteiger partial charge in [-0.15, -0.1) is 0 Å². The van der Waals surface area contributed by atoms with Crippen LogP contribution in [0.1, 0.15) is 77.0 Å². The summed E-state index contributed by atoms with van der Waals surface area (Å²) in [5.74, 6) is 3.30. The fourth-order valence-corrected chi connectivity index (χ4v) is 4.50. The van der Waals surface area contributed by atoms with E-state index in [0.29, 0.717) is 0 Å². The van der Waals surface area contributed by atoms with Crippen molar-refractivity contribution in [2.24, 2.45) is 16.8 Å². The molecule has 0 saturated heterocycles. The lowest BCUT2D eigenvalue weighted by Crippen LogP contribution is -2.40. The van der Waals surface area contributed by atoms with Gasteiger partial charge < -0.3 is 5.32 Å². The molecule has 0 radical (unpaired) electrons. The predicted molar refractivity (Wildman–Crippen MR) is 81.6 cm³/mol. The molecule has 2 aliphatic carbocycles. The number of hydrogen-bond acceptors (Lipinski definition) is 2. The maximum absolute atomic E-state index is 4.77. The zero-order valence-corrected chi connectivity index (χ0v) is 12.4. The second-order valence-electron chi connectivity index (χ2n) is 6.88. The summed E-state index contributed by atoms with van der Waals surface area (Å²) in [7, 11) is 0. The average molecular weight is 262 g/mol. The van der Waals surface area contributed by atoms with Gasteiger partial charge in [-0.3, -0.25) is 4.99 Å². The lowest BCUT2D eigenvalue weighted by Gasteiger charge is -2.32. The fraction of sp³-hybridized carbons (Fsp3) is 0.941. The number of nitrogens with one attached hydrogen (secondary N) is 1. The van der Waals surface area contributed by atoms with E-state index in [4.69, 9.17) is 4.99 Å². The van der Waals surface area contributed by atoms with Gasteiger partial charge >= 0.3 is 0 Å². The standard InChI is InChI=1S/C17H30N2/c1-3-8-14(9-4-1)15-10-7-11-16(15)19-17-12-5-2-6-13-18-17/h14-16H,1-13H2,(H,18,19)/t15-,16-/m0/s1. The smallest absolute Gasteiger partial charge is 0.0965 e.